The summed E-state index contributed by atoms with van der Waals surface area (Å²) in [7, 11) is 0. The highest BCUT2D eigenvalue weighted by atomic mass is 19.1. The predicted octanol–water partition coefficient (Wildman–Crippen LogP) is 2.62. The Balaban J connectivity index is 1.46. The highest BCUT2D eigenvalue weighted by Crippen LogP contribution is 2.30. The van der Waals surface area contributed by atoms with Gasteiger partial charge in [-0.05, 0) is 30.7 Å². The first-order valence-electron chi connectivity index (χ1n) is 10.6. The summed E-state index contributed by atoms with van der Waals surface area (Å²) in [6.45, 7) is 9.74. The van der Waals surface area contributed by atoms with Gasteiger partial charge in [-0.1, -0.05) is 11.8 Å². The number of halogens is 1. The number of rotatable bonds is 6. The molecule has 4 rings (SSSR count). The van der Waals surface area contributed by atoms with E-state index in [1.807, 2.05) is 6.92 Å². The molecule has 1 aromatic heterocycles. The van der Waals surface area contributed by atoms with Gasteiger partial charge in [0.1, 0.15) is 30.6 Å². The van der Waals surface area contributed by atoms with Gasteiger partial charge < -0.3 is 25.4 Å². The van der Waals surface area contributed by atoms with Crippen LogP contribution < -0.4 is 11.1 Å². The number of hydrogen-bond donors (Lipinski definition) is 2. The zero-order valence-corrected chi connectivity index (χ0v) is 18.2. The molecule has 174 valence electrons. The maximum atomic E-state index is 13.2. The lowest BCUT2D eigenvalue weighted by molar-refractivity contribution is -0.128. The van der Waals surface area contributed by atoms with Crippen LogP contribution >= 0.6 is 0 Å². The third kappa shape index (κ3) is 4.90. The van der Waals surface area contributed by atoms with Gasteiger partial charge in [0.05, 0.1) is 13.2 Å². The Morgan fingerprint density at radius 3 is 2.73 bits per heavy atom. The van der Waals surface area contributed by atoms with Gasteiger partial charge in [0.15, 0.2) is 5.82 Å². The van der Waals surface area contributed by atoms with Gasteiger partial charge in [0, 0.05) is 23.8 Å². The second kappa shape index (κ2) is 9.07. The molecule has 3 heterocycles. The van der Waals surface area contributed by atoms with E-state index in [1.165, 1.54) is 30.5 Å². The number of nitrogens with zero attached hydrogens (tertiary/aromatic N) is 4. The highest BCUT2D eigenvalue weighted by molar-refractivity contribution is 5.98. The van der Waals surface area contributed by atoms with Gasteiger partial charge in [-0.3, -0.25) is 9.48 Å². The molecule has 2 amide bonds. The normalized spacial score (nSPS) is 21.5. The van der Waals surface area contributed by atoms with Crippen molar-refractivity contribution < 1.29 is 23.5 Å². The molecule has 2 atom stereocenters. The van der Waals surface area contributed by atoms with Crippen molar-refractivity contribution in [3.63, 3.8) is 0 Å². The van der Waals surface area contributed by atoms with Crippen LogP contribution in [-0.2, 0) is 9.47 Å². The summed E-state index contributed by atoms with van der Waals surface area (Å²) in [4.78, 5) is 30.0. The van der Waals surface area contributed by atoms with Crippen molar-refractivity contribution in [3.8, 4) is 6.57 Å². The number of nitrogens with one attached hydrogen (secondary N) is 1. The number of benzene rings is 1. The van der Waals surface area contributed by atoms with Crippen molar-refractivity contribution in [1.29, 1.82) is 0 Å². The zero-order valence-electron chi connectivity index (χ0n) is 18.2. The Morgan fingerprint density at radius 1 is 1.39 bits per heavy atom. The second-order valence-electron chi connectivity index (χ2n) is 8.74. The number of amides is 2. The SMILES string of the molecule is C#[N+][C@@H]1CN(C(=O)OCC2(C)COC2)CC[C@H]1n1cc(C(N)=O)c(Nc2ccc(F)cc2)n1. The number of anilines is 2. The fraction of sp³-hybridized carbons (Fsp3) is 0.455. The minimum atomic E-state index is -0.665. The standard InChI is InChI=1S/C22H25FN6O4/c1-22(11-32-12-22)13-33-21(31)28-8-7-18(17(10-28)25-2)29-9-16(19(24)30)20(27-29)26-15-5-3-14(23)4-6-15/h2-6,9,17-18H,7-8,10-13H2,1H3,(H2-,24,26,27,30)/p+1/t17-,18-/m1/s1. The minimum absolute atomic E-state index is 0.139. The van der Waals surface area contributed by atoms with E-state index in [2.05, 4.69) is 15.3 Å². The smallest absolute Gasteiger partial charge is 0.410 e. The molecule has 33 heavy (non-hydrogen) atoms. The van der Waals surface area contributed by atoms with Crippen molar-refractivity contribution in [3.05, 3.63) is 46.7 Å². The first kappa shape index (κ1) is 22.5. The molecular weight excluding hydrogens is 431 g/mol. The van der Waals surface area contributed by atoms with E-state index in [0.717, 1.165) is 0 Å². The number of nitrogens with two attached hydrogens (primary N) is 1. The number of aromatic nitrogens is 2. The second-order valence-corrected chi connectivity index (χ2v) is 8.74. The first-order valence-corrected chi connectivity index (χ1v) is 10.6. The average Bonchev–Trinajstić information content (AvgIpc) is 3.21. The van der Waals surface area contributed by atoms with Crippen molar-refractivity contribution >= 4 is 23.5 Å². The lowest BCUT2D eigenvalue weighted by Gasteiger charge is -2.38. The number of piperidine rings is 1. The monoisotopic (exact) mass is 457 g/mol. The number of carbonyl (C=O) groups is 2. The molecule has 0 aliphatic carbocycles. The topological polar surface area (TPSA) is 116 Å². The molecule has 1 aromatic carbocycles. The fourth-order valence-electron chi connectivity index (χ4n) is 3.91. The van der Waals surface area contributed by atoms with E-state index in [-0.39, 0.29) is 41.8 Å². The predicted molar refractivity (Wildman–Crippen MR) is 118 cm³/mol. The van der Waals surface area contributed by atoms with Crippen LogP contribution in [0.3, 0.4) is 0 Å². The molecule has 2 aromatic rings. The van der Waals surface area contributed by atoms with Crippen molar-refractivity contribution in [2.75, 3.05) is 38.2 Å². The molecule has 0 bridgehead atoms. The van der Waals surface area contributed by atoms with E-state index in [4.69, 9.17) is 21.8 Å². The third-order valence-electron chi connectivity index (χ3n) is 5.89. The molecule has 0 unspecified atom stereocenters. The third-order valence-corrected chi connectivity index (χ3v) is 5.89. The minimum Gasteiger partial charge on any atom is -0.449 e. The Kier molecular flexibility index (Phi) is 6.20. The van der Waals surface area contributed by atoms with Gasteiger partial charge >= 0.3 is 12.1 Å². The molecule has 2 aliphatic heterocycles. The quantitative estimate of drug-likeness (QED) is 0.689. The number of carbonyl (C=O) groups excluding carboxylic acids is 2. The van der Waals surface area contributed by atoms with E-state index in [9.17, 15) is 14.0 Å². The van der Waals surface area contributed by atoms with Crippen molar-refractivity contribution in [2.45, 2.75) is 25.4 Å². The van der Waals surface area contributed by atoms with Gasteiger partial charge in [-0.25, -0.2) is 9.18 Å². The van der Waals surface area contributed by atoms with E-state index in [0.29, 0.717) is 31.9 Å². The average molecular weight is 457 g/mol. The summed E-state index contributed by atoms with van der Waals surface area (Å²) < 4.78 is 25.4. The molecule has 3 N–H and O–H groups in total. The van der Waals surface area contributed by atoms with E-state index in [1.54, 1.807) is 9.58 Å². The van der Waals surface area contributed by atoms with Crippen LogP contribution in [0.25, 0.3) is 4.85 Å². The lowest BCUT2D eigenvalue weighted by atomic mass is 9.90. The number of ether oxygens (including phenoxy) is 2. The number of primary amides is 1. The van der Waals surface area contributed by atoms with Crippen LogP contribution in [0.2, 0.25) is 0 Å². The summed E-state index contributed by atoms with van der Waals surface area (Å²) in [5.41, 5.74) is 6.11. The van der Waals surface area contributed by atoms with Crippen molar-refractivity contribution in [2.24, 2.45) is 11.1 Å². The molecule has 0 spiro atoms. The molecule has 2 aliphatic rings. The summed E-state index contributed by atoms with van der Waals surface area (Å²) in [6, 6.07) is 4.88. The summed E-state index contributed by atoms with van der Waals surface area (Å²) in [6.07, 6.45) is 1.60. The molecular formula is C22H26FN6O4+. The Hall–Kier alpha value is -3.65. The Labute approximate surface area is 190 Å². The van der Waals surface area contributed by atoms with E-state index >= 15 is 0 Å². The van der Waals surface area contributed by atoms with Crippen LogP contribution in [0.4, 0.5) is 20.7 Å². The molecule has 2 saturated heterocycles. The fourth-order valence-corrected chi connectivity index (χ4v) is 3.91. The number of hydrogen-bond acceptors (Lipinski definition) is 6. The molecule has 11 heteroatoms. The van der Waals surface area contributed by atoms with Crippen LogP contribution in [0.5, 0.6) is 0 Å². The van der Waals surface area contributed by atoms with Gasteiger partial charge in [-0.15, -0.1) is 0 Å². The molecule has 10 nitrogen and oxygen atoms in total. The summed E-state index contributed by atoms with van der Waals surface area (Å²) in [5.74, 6) is -0.807. The zero-order chi connectivity index (χ0) is 23.6. The molecule has 0 radical (unpaired) electrons. The summed E-state index contributed by atoms with van der Waals surface area (Å²) in [5, 5.41) is 7.46. The highest BCUT2D eigenvalue weighted by Gasteiger charge is 2.42. The molecule has 0 saturated carbocycles. The Bertz CT molecular complexity index is 1080. The molecule has 2 fully saturated rings. The van der Waals surface area contributed by atoms with Crippen LogP contribution in [0.1, 0.15) is 29.7 Å². The van der Waals surface area contributed by atoms with Crippen molar-refractivity contribution in [1.82, 2.24) is 14.7 Å². The lowest BCUT2D eigenvalue weighted by Crippen LogP contribution is -2.49. The van der Waals surface area contributed by atoms with Gasteiger partial charge in [0.2, 0.25) is 0 Å². The first-order chi connectivity index (χ1) is 15.8. The van der Waals surface area contributed by atoms with Crippen LogP contribution in [0, 0.1) is 17.8 Å². The Morgan fingerprint density at radius 2 is 2.12 bits per heavy atom. The largest absolute Gasteiger partial charge is 0.449 e. The van der Waals surface area contributed by atoms with Gasteiger partial charge in [-0.2, -0.15) is 5.10 Å². The van der Waals surface area contributed by atoms with Gasteiger partial charge in [0.25, 0.3) is 12.5 Å². The van der Waals surface area contributed by atoms with Crippen LogP contribution in [0.15, 0.2) is 30.5 Å². The maximum Gasteiger partial charge on any atom is 0.410 e. The summed E-state index contributed by atoms with van der Waals surface area (Å²) >= 11 is 0. The number of likely N-dealkylation sites (tertiary alicyclic amines) is 1. The van der Waals surface area contributed by atoms with Crippen LogP contribution in [-0.4, -0.2) is 65.6 Å². The maximum absolute atomic E-state index is 13.2. The van der Waals surface area contributed by atoms with E-state index < -0.39 is 18.0 Å².